The molecule has 2 heterocycles. The summed E-state index contributed by atoms with van der Waals surface area (Å²) in [5, 5.41) is 0. The molecule has 4 bridgehead atoms. The molecule has 0 unspecified atom stereocenters. The van der Waals surface area contributed by atoms with E-state index < -0.39 is 5.60 Å². The molecule has 9 rings (SSSR count). The van der Waals surface area contributed by atoms with Crippen LogP contribution in [0.4, 0.5) is 17.1 Å². The molecule has 6 aliphatic rings. The van der Waals surface area contributed by atoms with E-state index in [0.717, 1.165) is 11.8 Å². The molecule has 4 aliphatic carbocycles. The van der Waals surface area contributed by atoms with E-state index in [0.29, 0.717) is 11.8 Å². The van der Waals surface area contributed by atoms with Gasteiger partial charge in [-0.1, -0.05) is 54.6 Å². The highest BCUT2D eigenvalue weighted by Gasteiger charge is 2.77. The molecule has 3 heteroatoms. The standard InChI is InChI=1S/C29H27NO2/c1-2-8-23(9-3-1)30-26-12-6-4-10-24(26)29(25-11-5-7-13-27(25)30)28(31-32-29)21-15-19-14-20(17-21)18-22(28)16-19/h1-13,19-22H,14-18H2. The van der Waals surface area contributed by atoms with Crippen LogP contribution in [0.3, 0.4) is 0 Å². The fraction of sp³-hybridized carbons (Fsp3) is 0.379. The Morgan fingerprint density at radius 3 is 1.66 bits per heavy atom. The lowest BCUT2D eigenvalue weighted by Gasteiger charge is -2.71. The number of hydrogen-bond acceptors (Lipinski definition) is 3. The molecule has 160 valence electrons. The lowest BCUT2D eigenvalue weighted by atomic mass is 9.44. The summed E-state index contributed by atoms with van der Waals surface area (Å²) in [5.41, 5.74) is 5.38. The minimum absolute atomic E-state index is 0.241. The zero-order chi connectivity index (χ0) is 20.9. The molecule has 0 N–H and O–H groups in total. The number of rotatable bonds is 1. The second kappa shape index (κ2) is 6.03. The van der Waals surface area contributed by atoms with Gasteiger partial charge in [-0.05, 0) is 80.0 Å². The number of nitrogens with zero attached hydrogens (tertiary/aromatic N) is 1. The Morgan fingerprint density at radius 1 is 0.594 bits per heavy atom. The molecule has 1 saturated heterocycles. The van der Waals surface area contributed by atoms with Gasteiger partial charge in [-0.15, -0.1) is 0 Å². The van der Waals surface area contributed by atoms with Crippen LogP contribution in [0.15, 0.2) is 78.9 Å². The van der Waals surface area contributed by atoms with Gasteiger partial charge in [0.25, 0.3) is 0 Å². The third kappa shape index (κ3) is 1.93. The number of benzene rings is 3. The van der Waals surface area contributed by atoms with Crippen molar-refractivity contribution in [2.45, 2.75) is 43.3 Å². The third-order valence-electron chi connectivity index (χ3n) is 9.27. The van der Waals surface area contributed by atoms with E-state index in [1.807, 2.05) is 0 Å². The fourth-order valence-electron chi connectivity index (χ4n) is 8.39. The maximum absolute atomic E-state index is 6.45. The molecule has 3 aromatic rings. The van der Waals surface area contributed by atoms with Gasteiger partial charge in [0.1, 0.15) is 5.60 Å². The molecule has 3 aromatic carbocycles. The number of fused-ring (bicyclic) bond motifs is 4. The van der Waals surface area contributed by atoms with Crippen LogP contribution in [-0.4, -0.2) is 5.60 Å². The summed E-state index contributed by atoms with van der Waals surface area (Å²) in [5.74, 6) is 2.94. The van der Waals surface area contributed by atoms with Crippen molar-refractivity contribution >= 4 is 17.1 Å². The largest absolute Gasteiger partial charge is 0.310 e. The topological polar surface area (TPSA) is 21.7 Å². The minimum Gasteiger partial charge on any atom is -0.310 e. The molecular formula is C29H27NO2. The van der Waals surface area contributed by atoms with Gasteiger partial charge < -0.3 is 4.90 Å². The van der Waals surface area contributed by atoms with Crippen LogP contribution in [0.2, 0.25) is 0 Å². The van der Waals surface area contributed by atoms with Crippen molar-refractivity contribution in [3.8, 4) is 0 Å². The monoisotopic (exact) mass is 421 g/mol. The Kier molecular flexibility index (Phi) is 3.37. The van der Waals surface area contributed by atoms with Crippen molar-refractivity contribution in [3.63, 3.8) is 0 Å². The molecule has 4 saturated carbocycles. The van der Waals surface area contributed by atoms with Gasteiger partial charge in [0, 0.05) is 16.8 Å². The highest BCUT2D eigenvalue weighted by Crippen LogP contribution is 2.73. The maximum Gasteiger partial charge on any atom is 0.190 e. The van der Waals surface area contributed by atoms with Crippen molar-refractivity contribution < 1.29 is 9.78 Å². The SMILES string of the molecule is c1ccc(N2c3ccccc3C3(OOC34C3CC5CC(C3)CC4C5)c3ccccc32)cc1. The summed E-state index contributed by atoms with van der Waals surface area (Å²) >= 11 is 0. The van der Waals surface area contributed by atoms with E-state index in [2.05, 4.69) is 83.8 Å². The Bertz CT molecular complexity index is 1140. The van der Waals surface area contributed by atoms with E-state index >= 15 is 0 Å². The molecular weight excluding hydrogens is 394 g/mol. The zero-order valence-corrected chi connectivity index (χ0v) is 18.1. The predicted molar refractivity (Wildman–Crippen MR) is 124 cm³/mol. The zero-order valence-electron chi connectivity index (χ0n) is 18.1. The van der Waals surface area contributed by atoms with Crippen LogP contribution in [0.25, 0.3) is 0 Å². The first-order valence-corrected chi connectivity index (χ1v) is 12.2. The lowest BCUT2D eigenvalue weighted by Crippen LogP contribution is -2.76. The minimum atomic E-state index is -0.520. The van der Waals surface area contributed by atoms with Gasteiger partial charge in [-0.2, -0.15) is 0 Å². The van der Waals surface area contributed by atoms with Gasteiger partial charge >= 0.3 is 0 Å². The first kappa shape index (κ1) is 17.9. The fourth-order valence-corrected chi connectivity index (χ4v) is 8.39. The van der Waals surface area contributed by atoms with Crippen LogP contribution in [0.5, 0.6) is 0 Å². The van der Waals surface area contributed by atoms with Crippen molar-refractivity contribution in [2.75, 3.05) is 4.90 Å². The molecule has 0 radical (unpaired) electrons. The maximum atomic E-state index is 6.45. The Hall–Kier alpha value is -2.62. The average molecular weight is 422 g/mol. The Morgan fingerprint density at radius 2 is 1.12 bits per heavy atom. The smallest absolute Gasteiger partial charge is 0.190 e. The summed E-state index contributed by atoms with van der Waals surface area (Å²) in [4.78, 5) is 15.3. The predicted octanol–water partition coefficient (Wildman–Crippen LogP) is 6.87. The molecule has 3 nitrogen and oxygen atoms in total. The second-order valence-electron chi connectivity index (χ2n) is 10.7. The quantitative estimate of drug-likeness (QED) is 0.400. The first-order valence-electron chi connectivity index (χ1n) is 12.2. The van der Waals surface area contributed by atoms with E-state index in [1.54, 1.807) is 0 Å². The molecule has 2 spiro atoms. The lowest BCUT2D eigenvalue weighted by molar-refractivity contribution is -0.583. The Labute approximate surface area is 188 Å². The number of anilines is 3. The van der Waals surface area contributed by atoms with Gasteiger partial charge in [-0.25, -0.2) is 9.78 Å². The van der Waals surface area contributed by atoms with Crippen LogP contribution in [0.1, 0.15) is 43.2 Å². The van der Waals surface area contributed by atoms with Crippen LogP contribution in [0, 0.1) is 23.7 Å². The normalized spacial score (nSPS) is 34.9. The summed E-state index contributed by atoms with van der Waals surface area (Å²) in [6, 6.07) is 28.4. The molecule has 0 atom stereocenters. The molecule has 0 amide bonds. The van der Waals surface area contributed by atoms with Crippen molar-refractivity contribution in [3.05, 3.63) is 90.0 Å². The van der Waals surface area contributed by atoms with Crippen LogP contribution >= 0.6 is 0 Å². The molecule has 2 aliphatic heterocycles. The highest BCUT2D eigenvalue weighted by molar-refractivity contribution is 5.86. The average Bonchev–Trinajstić information content (AvgIpc) is 2.82. The van der Waals surface area contributed by atoms with Crippen molar-refractivity contribution in [1.82, 2.24) is 0 Å². The summed E-state index contributed by atoms with van der Waals surface area (Å²) < 4.78 is 0. The summed E-state index contributed by atoms with van der Waals surface area (Å²) in [7, 11) is 0. The van der Waals surface area contributed by atoms with Gasteiger partial charge in [-0.3, -0.25) is 0 Å². The second-order valence-corrected chi connectivity index (χ2v) is 10.7. The van der Waals surface area contributed by atoms with E-state index in [1.165, 1.54) is 60.3 Å². The van der Waals surface area contributed by atoms with Crippen molar-refractivity contribution in [1.29, 1.82) is 0 Å². The first-order chi connectivity index (χ1) is 15.8. The number of hydrogen-bond donors (Lipinski definition) is 0. The van der Waals surface area contributed by atoms with Crippen LogP contribution < -0.4 is 4.90 Å². The van der Waals surface area contributed by atoms with Gasteiger partial charge in [0.2, 0.25) is 0 Å². The van der Waals surface area contributed by atoms with Gasteiger partial charge in [0.15, 0.2) is 5.60 Å². The Balaban J connectivity index is 1.41. The van der Waals surface area contributed by atoms with Crippen molar-refractivity contribution in [2.24, 2.45) is 23.7 Å². The van der Waals surface area contributed by atoms with E-state index in [9.17, 15) is 0 Å². The summed E-state index contributed by atoms with van der Waals surface area (Å²) in [6.07, 6.45) is 6.62. The van der Waals surface area contributed by atoms with Gasteiger partial charge in [0.05, 0.1) is 11.4 Å². The van der Waals surface area contributed by atoms with Crippen LogP contribution in [-0.2, 0) is 15.4 Å². The summed E-state index contributed by atoms with van der Waals surface area (Å²) in [6.45, 7) is 0. The highest BCUT2D eigenvalue weighted by atomic mass is 17.3. The number of para-hydroxylation sites is 3. The molecule has 5 fully saturated rings. The molecule has 0 aromatic heterocycles. The van der Waals surface area contributed by atoms with E-state index in [4.69, 9.17) is 9.78 Å². The third-order valence-corrected chi connectivity index (χ3v) is 9.27. The molecule has 32 heavy (non-hydrogen) atoms. The van der Waals surface area contributed by atoms with E-state index in [-0.39, 0.29) is 5.60 Å².